The van der Waals surface area contributed by atoms with Crippen LogP contribution in [-0.2, 0) is 14.9 Å². The molecule has 0 amide bonds. The van der Waals surface area contributed by atoms with Crippen molar-refractivity contribution in [2.75, 3.05) is 46.9 Å². The lowest BCUT2D eigenvalue weighted by Crippen LogP contribution is -2.47. The average Bonchev–Trinajstić information content (AvgIpc) is 2.43. The molecule has 0 atom stereocenters. The van der Waals surface area contributed by atoms with Gasteiger partial charge in [0, 0.05) is 33.8 Å². The minimum absolute atomic E-state index is 0.200. The molecule has 0 aliphatic carbocycles. The van der Waals surface area contributed by atoms with E-state index in [9.17, 15) is 8.42 Å². The molecule has 0 aromatic rings. The van der Waals surface area contributed by atoms with E-state index in [0.29, 0.717) is 19.6 Å². The van der Waals surface area contributed by atoms with Crippen LogP contribution in [0.2, 0.25) is 0 Å². The van der Waals surface area contributed by atoms with Crippen molar-refractivity contribution in [3.05, 3.63) is 0 Å². The molecule has 1 aliphatic rings. The van der Waals surface area contributed by atoms with Crippen LogP contribution >= 0.6 is 0 Å². The van der Waals surface area contributed by atoms with Crippen LogP contribution < -0.4 is 5.32 Å². The molecule has 6 nitrogen and oxygen atoms in total. The summed E-state index contributed by atoms with van der Waals surface area (Å²) >= 11 is 0. The number of piperidine rings is 1. The van der Waals surface area contributed by atoms with Gasteiger partial charge in [0.25, 0.3) is 10.2 Å². The SMILES string of the molecule is CCNCCCN(C)S(=O)(=O)N1CCC(OC)CC1. The van der Waals surface area contributed by atoms with Gasteiger partial charge in [0.1, 0.15) is 0 Å². The fourth-order valence-electron chi connectivity index (χ4n) is 2.21. The predicted octanol–water partition coefficient (Wildman–Crippen LogP) is 0.273. The standard InChI is InChI=1S/C12H27N3O3S/c1-4-13-8-5-9-14(2)19(16,17)15-10-6-12(18-3)7-11-15/h12-13H,4-11H2,1-3H3. The zero-order chi connectivity index (χ0) is 14.3. The van der Waals surface area contributed by atoms with Crippen molar-refractivity contribution in [1.29, 1.82) is 0 Å². The maximum absolute atomic E-state index is 12.3. The number of ether oxygens (including phenoxy) is 1. The Balaban J connectivity index is 2.41. The van der Waals surface area contributed by atoms with Gasteiger partial charge in [0.2, 0.25) is 0 Å². The first-order valence-electron chi connectivity index (χ1n) is 6.97. The van der Waals surface area contributed by atoms with Crippen LogP contribution in [-0.4, -0.2) is 70.0 Å². The van der Waals surface area contributed by atoms with Crippen molar-refractivity contribution in [3.8, 4) is 0 Å². The van der Waals surface area contributed by atoms with E-state index >= 15 is 0 Å². The topological polar surface area (TPSA) is 61.9 Å². The number of nitrogens with one attached hydrogen (secondary N) is 1. The molecule has 1 rings (SSSR count). The van der Waals surface area contributed by atoms with Crippen LogP contribution in [0.5, 0.6) is 0 Å². The maximum Gasteiger partial charge on any atom is 0.281 e. The van der Waals surface area contributed by atoms with Gasteiger partial charge < -0.3 is 10.1 Å². The number of nitrogens with zero attached hydrogens (tertiary/aromatic N) is 2. The van der Waals surface area contributed by atoms with Gasteiger partial charge in [-0.2, -0.15) is 17.0 Å². The molecular formula is C12H27N3O3S. The molecule has 0 aromatic carbocycles. The Bertz CT molecular complexity index is 340. The lowest BCUT2D eigenvalue weighted by Gasteiger charge is -2.33. The van der Waals surface area contributed by atoms with Crippen molar-refractivity contribution in [1.82, 2.24) is 13.9 Å². The van der Waals surface area contributed by atoms with Gasteiger partial charge in [-0.1, -0.05) is 6.92 Å². The highest BCUT2D eigenvalue weighted by Gasteiger charge is 2.30. The van der Waals surface area contributed by atoms with Crippen molar-refractivity contribution in [3.63, 3.8) is 0 Å². The second-order valence-corrected chi connectivity index (χ2v) is 6.91. The highest BCUT2D eigenvalue weighted by atomic mass is 32.2. The molecule has 0 saturated carbocycles. The summed E-state index contributed by atoms with van der Waals surface area (Å²) < 4.78 is 33.0. The van der Waals surface area contributed by atoms with Gasteiger partial charge in [-0.3, -0.25) is 0 Å². The van der Waals surface area contributed by atoms with Gasteiger partial charge in [-0.05, 0) is 32.4 Å². The van der Waals surface area contributed by atoms with E-state index in [2.05, 4.69) is 5.32 Å². The van der Waals surface area contributed by atoms with Crippen LogP contribution in [0.3, 0.4) is 0 Å². The molecular weight excluding hydrogens is 266 g/mol. The third kappa shape index (κ3) is 5.00. The lowest BCUT2D eigenvalue weighted by molar-refractivity contribution is 0.0593. The third-order valence-electron chi connectivity index (χ3n) is 3.53. The molecule has 19 heavy (non-hydrogen) atoms. The van der Waals surface area contributed by atoms with Gasteiger partial charge in [-0.25, -0.2) is 0 Å². The summed E-state index contributed by atoms with van der Waals surface area (Å²) in [5.41, 5.74) is 0. The molecule has 0 aromatic heterocycles. The van der Waals surface area contributed by atoms with Gasteiger partial charge >= 0.3 is 0 Å². The Morgan fingerprint density at radius 2 is 2.00 bits per heavy atom. The normalized spacial score (nSPS) is 19.2. The van der Waals surface area contributed by atoms with E-state index in [1.54, 1.807) is 18.5 Å². The number of hydrogen-bond acceptors (Lipinski definition) is 4. The van der Waals surface area contributed by atoms with E-state index in [0.717, 1.165) is 32.4 Å². The summed E-state index contributed by atoms with van der Waals surface area (Å²) in [4.78, 5) is 0. The summed E-state index contributed by atoms with van der Waals surface area (Å²) in [6, 6.07) is 0. The number of methoxy groups -OCH3 is 1. The molecule has 0 spiro atoms. The van der Waals surface area contributed by atoms with Crippen LogP contribution in [0.25, 0.3) is 0 Å². The zero-order valence-corrected chi connectivity index (χ0v) is 13.1. The summed E-state index contributed by atoms with van der Waals surface area (Å²) in [6.07, 6.45) is 2.59. The molecule has 7 heteroatoms. The summed E-state index contributed by atoms with van der Waals surface area (Å²) in [5, 5.41) is 3.20. The fourth-order valence-corrected chi connectivity index (χ4v) is 3.64. The average molecular weight is 293 g/mol. The van der Waals surface area contributed by atoms with E-state index in [-0.39, 0.29) is 6.10 Å². The van der Waals surface area contributed by atoms with Crippen molar-refractivity contribution >= 4 is 10.2 Å². The molecule has 1 heterocycles. The monoisotopic (exact) mass is 293 g/mol. The fraction of sp³-hybridized carbons (Fsp3) is 1.00. The Labute approximate surface area is 117 Å². The molecule has 0 radical (unpaired) electrons. The highest BCUT2D eigenvalue weighted by Crippen LogP contribution is 2.17. The van der Waals surface area contributed by atoms with Crippen LogP contribution in [0.1, 0.15) is 26.2 Å². The van der Waals surface area contributed by atoms with Crippen molar-refractivity contribution < 1.29 is 13.2 Å². The number of hydrogen-bond donors (Lipinski definition) is 1. The summed E-state index contributed by atoms with van der Waals surface area (Å²) in [6.45, 7) is 5.47. The third-order valence-corrected chi connectivity index (χ3v) is 5.52. The largest absolute Gasteiger partial charge is 0.381 e. The molecule has 0 bridgehead atoms. The number of rotatable bonds is 8. The molecule has 1 fully saturated rings. The Hall–Kier alpha value is -0.210. The lowest BCUT2D eigenvalue weighted by atomic mass is 10.1. The van der Waals surface area contributed by atoms with Crippen LogP contribution in [0.15, 0.2) is 0 Å². The summed E-state index contributed by atoms with van der Waals surface area (Å²) in [5.74, 6) is 0. The first-order chi connectivity index (χ1) is 9.02. The highest BCUT2D eigenvalue weighted by molar-refractivity contribution is 7.86. The quantitative estimate of drug-likeness (QED) is 0.653. The molecule has 1 aliphatic heterocycles. The Kier molecular flexibility index (Phi) is 7.23. The molecule has 114 valence electrons. The second kappa shape index (κ2) is 8.16. The molecule has 0 unspecified atom stereocenters. The van der Waals surface area contributed by atoms with E-state index in [1.807, 2.05) is 6.92 Å². The first kappa shape index (κ1) is 16.8. The second-order valence-electron chi connectivity index (χ2n) is 4.87. The van der Waals surface area contributed by atoms with E-state index in [4.69, 9.17) is 4.74 Å². The zero-order valence-electron chi connectivity index (χ0n) is 12.3. The Morgan fingerprint density at radius 3 is 2.53 bits per heavy atom. The predicted molar refractivity (Wildman–Crippen MR) is 76.3 cm³/mol. The van der Waals surface area contributed by atoms with Crippen molar-refractivity contribution in [2.24, 2.45) is 0 Å². The van der Waals surface area contributed by atoms with Gasteiger partial charge in [-0.15, -0.1) is 0 Å². The van der Waals surface area contributed by atoms with Crippen LogP contribution in [0, 0.1) is 0 Å². The van der Waals surface area contributed by atoms with E-state index in [1.165, 1.54) is 4.31 Å². The van der Waals surface area contributed by atoms with Gasteiger partial charge in [0.05, 0.1) is 6.10 Å². The smallest absolute Gasteiger partial charge is 0.281 e. The minimum atomic E-state index is -3.30. The van der Waals surface area contributed by atoms with Crippen molar-refractivity contribution in [2.45, 2.75) is 32.3 Å². The van der Waals surface area contributed by atoms with Crippen LogP contribution in [0.4, 0.5) is 0 Å². The molecule has 1 saturated heterocycles. The Morgan fingerprint density at radius 1 is 1.37 bits per heavy atom. The first-order valence-corrected chi connectivity index (χ1v) is 8.37. The van der Waals surface area contributed by atoms with Gasteiger partial charge in [0.15, 0.2) is 0 Å². The minimum Gasteiger partial charge on any atom is -0.381 e. The van der Waals surface area contributed by atoms with E-state index < -0.39 is 10.2 Å². The maximum atomic E-state index is 12.3. The summed E-state index contributed by atoms with van der Waals surface area (Å²) in [7, 11) is 0.0411. The molecule has 1 N–H and O–H groups in total.